The van der Waals surface area contributed by atoms with E-state index in [1.807, 2.05) is 53.8 Å². The fourth-order valence-corrected chi connectivity index (χ4v) is 7.31. The van der Waals surface area contributed by atoms with Gasteiger partial charge in [0.15, 0.2) is 11.6 Å². The van der Waals surface area contributed by atoms with Crippen molar-refractivity contribution < 1.29 is 28.2 Å². The summed E-state index contributed by atoms with van der Waals surface area (Å²) in [4.78, 5) is 47.5. The van der Waals surface area contributed by atoms with E-state index in [1.165, 1.54) is 30.1 Å². The number of aromatic nitrogens is 3. The van der Waals surface area contributed by atoms with Gasteiger partial charge in [-0.1, -0.05) is 0 Å². The molecule has 1 aromatic carbocycles. The van der Waals surface area contributed by atoms with E-state index < -0.39 is 5.82 Å². The van der Waals surface area contributed by atoms with Crippen LogP contribution in [0.4, 0.5) is 15.0 Å². The monoisotopic (exact) mass is 746 g/mol. The predicted molar refractivity (Wildman–Crippen MR) is 204 cm³/mol. The molecule has 2 aromatic heterocycles. The van der Waals surface area contributed by atoms with E-state index in [0.29, 0.717) is 31.2 Å². The number of halogens is 1. The zero-order chi connectivity index (χ0) is 38.4. The first-order valence-corrected chi connectivity index (χ1v) is 19.3. The lowest BCUT2D eigenvalue weighted by Crippen LogP contribution is -2.55. The molecule has 2 saturated heterocycles. The van der Waals surface area contributed by atoms with Crippen LogP contribution in [0, 0.1) is 5.82 Å². The van der Waals surface area contributed by atoms with Gasteiger partial charge in [0, 0.05) is 94.1 Å². The molecule has 3 aliphatic heterocycles. The molecule has 13 nitrogen and oxygen atoms in total. The van der Waals surface area contributed by atoms with Gasteiger partial charge in [0.1, 0.15) is 35.9 Å². The molecule has 2 fully saturated rings. The molecule has 3 aromatic rings. The number of pyridine rings is 1. The SMILES string of the molecule is CCN(C(=O)c1cc(F)ccc1Oc1cncnc1N1CCC(Oc2ccnc3c2CN(CCCN2CC(OC(=O)NC(C)(C)C)C2)CC3)CC1)C(C)C. The Hall–Kier alpha value is -4.56. The van der Waals surface area contributed by atoms with Gasteiger partial charge in [-0.25, -0.2) is 19.2 Å². The van der Waals surface area contributed by atoms with E-state index >= 15 is 0 Å². The molecule has 0 atom stereocenters. The van der Waals surface area contributed by atoms with Crippen LogP contribution in [-0.2, 0) is 17.7 Å². The number of anilines is 1. The van der Waals surface area contributed by atoms with Crippen molar-refractivity contribution in [1.29, 1.82) is 0 Å². The molecule has 0 spiro atoms. The Labute approximate surface area is 318 Å². The Kier molecular flexibility index (Phi) is 12.5. The van der Waals surface area contributed by atoms with Gasteiger partial charge in [0.25, 0.3) is 5.91 Å². The molecular formula is C40H55FN8O5. The van der Waals surface area contributed by atoms with Crippen molar-refractivity contribution in [2.75, 3.05) is 57.3 Å². The number of hydrogen-bond acceptors (Lipinski definition) is 11. The lowest BCUT2D eigenvalue weighted by atomic mass is 10.0. The number of ether oxygens (including phenoxy) is 3. The second kappa shape index (κ2) is 17.3. The first kappa shape index (κ1) is 39.1. The van der Waals surface area contributed by atoms with Crippen molar-refractivity contribution in [2.45, 2.75) is 97.6 Å². The number of hydrogen-bond donors (Lipinski definition) is 1. The fraction of sp³-hybridized carbons (Fsp3) is 0.575. The summed E-state index contributed by atoms with van der Waals surface area (Å²) >= 11 is 0. The third kappa shape index (κ3) is 9.94. The van der Waals surface area contributed by atoms with Gasteiger partial charge in [0.05, 0.1) is 11.8 Å². The third-order valence-electron chi connectivity index (χ3n) is 10.1. The smallest absolute Gasteiger partial charge is 0.407 e. The first-order valence-electron chi connectivity index (χ1n) is 19.3. The second-order valence-electron chi connectivity index (χ2n) is 15.7. The molecule has 54 heavy (non-hydrogen) atoms. The number of nitrogens with zero attached hydrogens (tertiary/aromatic N) is 7. The normalized spacial score (nSPS) is 17.1. The Morgan fingerprint density at radius 2 is 1.76 bits per heavy atom. The molecule has 0 saturated carbocycles. The van der Waals surface area contributed by atoms with Crippen molar-refractivity contribution in [3.8, 4) is 17.2 Å². The summed E-state index contributed by atoms with van der Waals surface area (Å²) in [6.07, 6.45) is 8.04. The lowest BCUT2D eigenvalue weighted by Gasteiger charge is -2.39. The summed E-state index contributed by atoms with van der Waals surface area (Å²) in [6.45, 7) is 18.7. The zero-order valence-electron chi connectivity index (χ0n) is 32.5. The topological polar surface area (TPSA) is 125 Å². The average Bonchev–Trinajstić information content (AvgIpc) is 3.11. The molecule has 1 N–H and O–H groups in total. The van der Waals surface area contributed by atoms with Gasteiger partial charge in [-0.3, -0.25) is 19.6 Å². The van der Waals surface area contributed by atoms with Crippen molar-refractivity contribution in [1.82, 2.24) is 35.0 Å². The number of likely N-dealkylation sites (tertiary alicyclic amines) is 1. The van der Waals surface area contributed by atoms with E-state index in [4.69, 9.17) is 19.2 Å². The minimum atomic E-state index is -0.507. The van der Waals surface area contributed by atoms with Crippen molar-refractivity contribution in [3.05, 3.63) is 65.6 Å². The number of piperidine rings is 1. The summed E-state index contributed by atoms with van der Waals surface area (Å²) in [6, 6.07) is 5.93. The maximum absolute atomic E-state index is 14.4. The molecular weight excluding hydrogens is 691 g/mol. The number of benzene rings is 1. The van der Waals surface area contributed by atoms with E-state index in [1.54, 1.807) is 11.1 Å². The highest BCUT2D eigenvalue weighted by atomic mass is 19.1. The first-order chi connectivity index (χ1) is 25.9. The van der Waals surface area contributed by atoms with Crippen molar-refractivity contribution in [3.63, 3.8) is 0 Å². The van der Waals surface area contributed by atoms with E-state index in [9.17, 15) is 14.0 Å². The van der Waals surface area contributed by atoms with Gasteiger partial charge >= 0.3 is 6.09 Å². The van der Waals surface area contributed by atoms with Crippen molar-refractivity contribution >= 4 is 17.8 Å². The minimum Gasteiger partial charge on any atom is -0.490 e. The molecule has 5 heterocycles. The number of fused-ring (bicyclic) bond motifs is 1. The number of carbonyl (C=O) groups excluding carboxylic acids is 2. The number of carbonyl (C=O) groups is 2. The zero-order valence-corrected chi connectivity index (χ0v) is 32.5. The summed E-state index contributed by atoms with van der Waals surface area (Å²) in [5.74, 6) is 1.38. The van der Waals surface area contributed by atoms with E-state index in [0.717, 1.165) is 76.4 Å². The molecule has 2 amide bonds. The predicted octanol–water partition coefficient (Wildman–Crippen LogP) is 5.68. The quantitative estimate of drug-likeness (QED) is 0.232. The maximum atomic E-state index is 14.4. The standard InChI is InChI=1S/C40H55FN8O5/c1-7-49(27(2)3)38(50)31-21-28(41)9-10-34(31)54-36-22-42-26-44-37(36)48-19-12-29(13-20-48)52-35-11-15-43-33-14-18-46(25-32(33)35)16-8-17-47-23-30(24-47)53-39(51)45-40(4,5)6/h9-11,15,21-22,26-27,29-30H,7-8,12-14,16-20,23-25H2,1-6H3,(H,45,51). The highest BCUT2D eigenvalue weighted by molar-refractivity contribution is 5.97. The molecule has 3 aliphatic rings. The molecule has 0 radical (unpaired) electrons. The largest absolute Gasteiger partial charge is 0.490 e. The van der Waals surface area contributed by atoms with Crippen LogP contribution in [0.5, 0.6) is 17.2 Å². The van der Waals surface area contributed by atoms with Crippen LogP contribution in [0.15, 0.2) is 43.0 Å². The van der Waals surface area contributed by atoms with Crippen LogP contribution in [0.2, 0.25) is 0 Å². The number of nitrogens with one attached hydrogen (secondary N) is 1. The summed E-state index contributed by atoms with van der Waals surface area (Å²) in [5.41, 5.74) is 2.13. The van der Waals surface area contributed by atoms with Crippen LogP contribution in [0.3, 0.4) is 0 Å². The van der Waals surface area contributed by atoms with Crippen LogP contribution < -0.4 is 19.7 Å². The number of amides is 2. The Morgan fingerprint density at radius 3 is 2.48 bits per heavy atom. The highest BCUT2D eigenvalue weighted by Gasteiger charge is 2.32. The highest BCUT2D eigenvalue weighted by Crippen LogP contribution is 2.35. The van der Waals surface area contributed by atoms with Gasteiger partial charge in [-0.05, 0) is 85.3 Å². The molecule has 292 valence electrons. The third-order valence-corrected chi connectivity index (χ3v) is 10.1. The van der Waals surface area contributed by atoms with Gasteiger partial charge in [0.2, 0.25) is 0 Å². The number of rotatable bonds is 13. The van der Waals surface area contributed by atoms with Crippen LogP contribution >= 0.6 is 0 Å². The van der Waals surface area contributed by atoms with Gasteiger partial charge in [-0.15, -0.1) is 0 Å². The lowest BCUT2D eigenvalue weighted by molar-refractivity contribution is -0.0163. The summed E-state index contributed by atoms with van der Waals surface area (Å²) in [7, 11) is 0. The van der Waals surface area contributed by atoms with Crippen LogP contribution in [-0.4, -0.2) is 118 Å². The minimum absolute atomic E-state index is 0.0266. The van der Waals surface area contributed by atoms with E-state index in [-0.39, 0.29) is 47.1 Å². The Morgan fingerprint density at radius 1 is 1.00 bits per heavy atom. The molecule has 0 unspecified atom stereocenters. The summed E-state index contributed by atoms with van der Waals surface area (Å²) < 4.78 is 32.8. The van der Waals surface area contributed by atoms with Crippen LogP contribution in [0.25, 0.3) is 0 Å². The molecule has 6 rings (SSSR count). The summed E-state index contributed by atoms with van der Waals surface area (Å²) in [5, 5.41) is 2.86. The Bertz CT molecular complexity index is 1760. The Balaban J connectivity index is 1.00. The van der Waals surface area contributed by atoms with Crippen molar-refractivity contribution in [2.24, 2.45) is 0 Å². The maximum Gasteiger partial charge on any atom is 0.407 e. The number of alkyl carbamates (subject to hydrolysis) is 1. The average molecular weight is 747 g/mol. The second-order valence-corrected chi connectivity index (χ2v) is 15.7. The molecule has 14 heteroatoms. The van der Waals surface area contributed by atoms with Gasteiger partial charge in [-0.2, -0.15) is 0 Å². The van der Waals surface area contributed by atoms with Gasteiger partial charge < -0.3 is 29.3 Å². The fourth-order valence-electron chi connectivity index (χ4n) is 7.31. The molecule has 0 aliphatic carbocycles. The molecule has 0 bridgehead atoms. The van der Waals surface area contributed by atoms with E-state index in [2.05, 4.69) is 30.0 Å². The van der Waals surface area contributed by atoms with Crippen LogP contribution in [0.1, 0.15) is 82.4 Å².